The predicted molar refractivity (Wildman–Crippen MR) is 188 cm³/mol. The molecule has 0 spiro atoms. The number of carbonyl (C=O) groups is 2. The Morgan fingerprint density at radius 1 is 0.660 bits per heavy atom. The number of hydrogen-bond acceptors (Lipinski definition) is 6. The van der Waals surface area contributed by atoms with E-state index in [0.717, 1.165) is 30.8 Å². The molecule has 0 aromatic heterocycles. The predicted octanol–water partition coefficient (Wildman–Crippen LogP) is 7.83. The summed E-state index contributed by atoms with van der Waals surface area (Å²) in [7, 11) is 0. The molecule has 254 valence electrons. The zero-order valence-electron chi connectivity index (χ0n) is 29.5. The normalized spacial score (nSPS) is 22.1. The molecule has 0 bridgehead atoms. The highest BCUT2D eigenvalue weighted by molar-refractivity contribution is 5.70. The molecule has 2 amide bonds. The van der Waals surface area contributed by atoms with Crippen LogP contribution in [-0.2, 0) is 16.0 Å². The Morgan fingerprint density at radius 2 is 1.11 bits per heavy atom. The van der Waals surface area contributed by atoms with E-state index in [2.05, 4.69) is 72.6 Å². The van der Waals surface area contributed by atoms with Gasteiger partial charge in [0, 0.05) is 44.8 Å². The summed E-state index contributed by atoms with van der Waals surface area (Å²) in [5.41, 5.74) is 2.61. The van der Waals surface area contributed by atoms with E-state index >= 15 is 0 Å². The summed E-state index contributed by atoms with van der Waals surface area (Å²) in [5, 5.41) is 3.43. The van der Waals surface area contributed by atoms with Gasteiger partial charge in [-0.1, -0.05) is 91.0 Å². The van der Waals surface area contributed by atoms with Crippen LogP contribution in [0.4, 0.5) is 9.59 Å². The van der Waals surface area contributed by atoms with E-state index in [1.54, 1.807) is 0 Å². The first-order chi connectivity index (χ1) is 22.2. The number of carbonyl (C=O) groups excluding carboxylic acids is 2. The maximum Gasteiger partial charge on any atom is 0.410 e. The Kier molecular flexibility index (Phi) is 12.1. The van der Waals surface area contributed by atoms with Gasteiger partial charge in [-0.2, -0.15) is 0 Å². The summed E-state index contributed by atoms with van der Waals surface area (Å²) in [4.78, 5) is 31.5. The van der Waals surface area contributed by atoms with Crippen LogP contribution in [0.2, 0.25) is 0 Å². The molecule has 0 radical (unpaired) electrons. The van der Waals surface area contributed by atoms with Crippen molar-refractivity contribution < 1.29 is 19.1 Å². The largest absolute Gasteiger partial charge is 0.444 e. The molecule has 5 rings (SSSR count). The number of piperazine rings is 2. The summed E-state index contributed by atoms with van der Waals surface area (Å²) in [6.07, 6.45) is -0.470. The lowest BCUT2D eigenvalue weighted by molar-refractivity contribution is -0.0159. The molecule has 47 heavy (non-hydrogen) atoms. The molecule has 2 aliphatic heterocycles. The van der Waals surface area contributed by atoms with Crippen LogP contribution in [0.1, 0.15) is 84.2 Å². The lowest BCUT2D eigenvalue weighted by Crippen LogP contribution is -2.55. The van der Waals surface area contributed by atoms with Crippen molar-refractivity contribution in [2.75, 3.05) is 26.2 Å². The van der Waals surface area contributed by atoms with Crippen molar-refractivity contribution in [1.29, 1.82) is 0 Å². The third kappa shape index (κ3) is 10.8. The van der Waals surface area contributed by atoms with Crippen molar-refractivity contribution in [2.45, 2.75) is 97.3 Å². The van der Waals surface area contributed by atoms with Crippen LogP contribution < -0.4 is 5.32 Å². The molecule has 3 aromatic rings. The second kappa shape index (κ2) is 15.8. The third-order valence-corrected chi connectivity index (χ3v) is 8.23. The van der Waals surface area contributed by atoms with Crippen LogP contribution in [0.15, 0.2) is 91.0 Å². The Labute approximate surface area is 282 Å². The highest BCUT2D eigenvalue weighted by Crippen LogP contribution is 2.31. The first-order valence-electron chi connectivity index (χ1n) is 16.8. The molecular formula is C39H54N4O4. The lowest BCUT2D eigenvalue weighted by atomic mass is 9.99. The quantitative estimate of drug-likeness (QED) is 0.313. The van der Waals surface area contributed by atoms with E-state index in [1.165, 1.54) is 5.56 Å². The van der Waals surface area contributed by atoms with Crippen LogP contribution in [0.25, 0.3) is 0 Å². The van der Waals surface area contributed by atoms with Crippen LogP contribution in [0, 0.1) is 0 Å². The monoisotopic (exact) mass is 642 g/mol. The van der Waals surface area contributed by atoms with Gasteiger partial charge in [0.1, 0.15) is 11.2 Å². The van der Waals surface area contributed by atoms with Gasteiger partial charge in [0.15, 0.2) is 0 Å². The molecule has 2 heterocycles. The van der Waals surface area contributed by atoms with Gasteiger partial charge >= 0.3 is 12.2 Å². The maximum atomic E-state index is 12.9. The Balaban J connectivity index is 0.000000223. The van der Waals surface area contributed by atoms with Gasteiger partial charge in [0.25, 0.3) is 0 Å². The number of amides is 2. The van der Waals surface area contributed by atoms with Gasteiger partial charge in [0.05, 0.1) is 12.1 Å². The number of nitrogens with zero attached hydrogens (tertiary/aromatic N) is 3. The van der Waals surface area contributed by atoms with E-state index < -0.39 is 11.2 Å². The van der Waals surface area contributed by atoms with Crippen molar-refractivity contribution >= 4 is 12.2 Å². The summed E-state index contributed by atoms with van der Waals surface area (Å²) in [6.45, 7) is 19.4. The fourth-order valence-corrected chi connectivity index (χ4v) is 5.95. The number of hydrogen-bond donors (Lipinski definition) is 1. The smallest absolute Gasteiger partial charge is 0.410 e. The molecule has 3 aromatic carbocycles. The Morgan fingerprint density at radius 3 is 1.60 bits per heavy atom. The minimum Gasteiger partial charge on any atom is -0.444 e. The van der Waals surface area contributed by atoms with Gasteiger partial charge in [-0.15, -0.1) is 0 Å². The fraction of sp³-hybridized carbons (Fsp3) is 0.487. The standard InChI is InChI=1S/C23H30N2O2.C16H24N2O2/c1-18-15-25(22(26)27-23(2,3)4)21(20-13-9-6-10-14-20)17-24(18)16-19-11-7-5-8-12-19;1-12-11-18(15(19)20-16(2,3)4)14(10-17-12)13-8-6-5-7-9-13/h5-14,18,21H,15-17H2,1-4H3;5-9,12,14,17H,10-11H2,1-4H3/t18-,21-;12-,14-/m11/s1. The summed E-state index contributed by atoms with van der Waals surface area (Å²) >= 11 is 0. The average molecular weight is 643 g/mol. The maximum absolute atomic E-state index is 12.9. The van der Waals surface area contributed by atoms with Gasteiger partial charge < -0.3 is 14.8 Å². The molecule has 8 heteroatoms. The minimum absolute atomic E-state index is 0.0130. The van der Waals surface area contributed by atoms with Gasteiger partial charge in [0.2, 0.25) is 0 Å². The van der Waals surface area contributed by atoms with Crippen LogP contribution in [-0.4, -0.2) is 76.4 Å². The number of rotatable bonds is 4. The topological polar surface area (TPSA) is 74.3 Å². The first-order valence-corrected chi connectivity index (χ1v) is 16.8. The Hall–Kier alpha value is -3.88. The third-order valence-electron chi connectivity index (χ3n) is 8.23. The molecule has 2 fully saturated rings. The SMILES string of the molecule is C[C@@H]1CN(C(=O)OC(C)(C)C)[C@@H](c2ccccc2)CN1.C[C@@H]1CN(C(=O)OC(C)(C)C)[C@@H](c2ccccc2)CN1Cc1ccccc1. The number of benzene rings is 3. The fourth-order valence-electron chi connectivity index (χ4n) is 5.95. The molecule has 8 nitrogen and oxygen atoms in total. The molecular weight excluding hydrogens is 588 g/mol. The minimum atomic E-state index is -0.497. The Bertz CT molecular complexity index is 1410. The van der Waals surface area contributed by atoms with Crippen LogP contribution in [0.5, 0.6) is 0 Å². The molecule has 4 atom stereocenters. The second-order valence-corrected chi connectivity index (χ2v) is 14.7. The molecule has 2 saturated heterocycles. The summed E-state index contributed by atoms with van der Waals surface area (Å²) in [6, 6.07) is 31.4. The van der Waals surface area contributed by atoms with Gasteiger partial charge in [-0.3, -0.25) is 14.7 Å². The second-order valence-electron chi connectivity index (χ2n) is 14.7. The zero-order chi connectivity index (χ0) is 34.2. The van der Waals surface area contributed by atoms with Gasteiger partial charge in [-0.25, -0.2) is 9.59 Å². The molecule has 0 aliphatic carbocycles. The molecule has 2 aliphatic rings. The van der Waals surface area contributed by atoms with E-state index in [1.807, 2.05) is 93.8 Å². The highest BCUT2D eigenvalue weighted by Gasteiger charge is 2.37. The van der Waals surface area contributed by atoms with E-state index in [9.17, 15) is 9.59 Å². The van der Waals surface area contributed by atoms with Crippen molar-refractivity contribution in [3.63, 3.8) is 0 Å². The number of ether oxygens (including phenoxy) is 2. The van der Waals surface area contributed by atoms with E-state index in [4.69, 9.17) is 9.47 Å². The van der Waals surface area contributed by atoms with Crippen molar-refractivity contribution in [3.05, 3.63) is 108 Å². The summed E-state index contributed by atoms with van der Waals surface area (Å²) < 4.78 is 11.2. The number of nitrogens with one attached hydrogen (secondary N) is 1. The van der Waals surface area contributed by atoms with E-state index in [0.29, 0.717) is 13.1 Å². The van der Waals surface area contributed by atoms with Crippen molar-refractivity contribution in [2.24, 2.45) is 0 Å². The van der Waals surface area contributed by atoms with Crippen LogP contribution in [0.3, 0.4) is 0 Å². The highest BCUT2D eigenvalue weighted by atomic mass is 16.6. The van der Waals surface area contributed by atoms with E-state index in [-0.39, 0.29) is 36.4 Å². The van der Waals surface area contributed by atoms with Crippen molar-refractivity contribution in [1.82, 2.24) is 20.0 Å². The molecule has 0 saturated carbocycles. The first kappa shape index (κ1) is 36.0. The molecule has 0 unspecified atom stereocenters. The van der Waals surface area contributed by atoms with Crippen LogP contribution >= 0.6 is 0 Å². The van der Waals surface area contributed by atoms with Crippen molar-refractivity contribution in [3.8, 4) is 0 Å². The van der Waals surface area contributed by atoms with Gasteiger partial charge in [-0.05, 0) is 72.1 Å². The summed E-state index contributed by atoms with van der Waals surface area (Å²) in [5.74, 6) is 0. The average Bonchev–Trinajstić information content (AvgIpc) is 3.02. The zero-order valence-corrected chi connectivity index (χ0v) is 29.5. The lowest BCUT2D eigenvalue weighted by Gasteiger charge is -2.45. The molecule has 1 N–H and O–H groups in total.